The lowest BCUT2D eigenvalue weighted by Gasteiger charge is -2.33. The second-order valence-corrected chi connectivity index (χ2v) is 10.5. The van der Waals surface area contributed by atoms with Gasteiger partial charge in [-0.1, -0.05) is 79.4 Å². The highest BCUT2D eigenvalue weighted by atomic mass is 32.3. The van der Waals surface area contributed by atoms with Crippen molar-refractivity contribution in [2.45, 2.75) is 15.6 Å². The van der Waals surface area contributed by atoms with Crippen LogP contribution in [0.2, 0.25) is 0 Å². The summed E-state index contributed by atoms with van der Waals surface area (Å²) in [5, 5.41) is 0. The molecular formula is C23H20FNO6S2. The van der Waals surface area contributed by atoms with Gasteiger partial charge >= 0.3 is 11.8 Å². The molecule has 0 saturated carbocycles. The standard InChI is InChI=1S/C23H20FNO6S2/c1-2-18-31-22(26)23(24,19-12-6-3-7-13-19)25(32(27,28)20-14-8-4-9-15-20)33(29,30)21-16-10-5-11-17-21/h2-17H,1,18H2. The highest BCUT2D eigenvalue weighted by molar-refractivity contribution is 8.04. The molecule has 3 aromatic rings. The third kappa shape index (κ3) is 4.58. The summed E-state index contributed by atoms with van der Waals surface area (Å²) >= 11 is 0. The van der Waals surface area contributed by atoms with Gasteiger partial charge in [0.1, 0.15) is 6.61 Å². The van der Waals surface area contributed by atoms with Gasteiger partial charge in [-0.3, -0.25) is 0 Å². The van der Waals surface area contributed by atoms with Gasteiger partial charge in [0, 0.05) is 5.56 Å². The topological polar surface area (TPSA) is 97.8 Å². The van der Waals surface area contributed by atoms with Crippen LogP contribution in [0.5, 0.6) is 0 Å². The molecule has 10 heteroatoms. The van der Waals surface area contributed by atoms with Crippen molar-refractivity contribution in [2.75, 3.05) is 6.61 Å². The minimum absolute atomic E-state index is 0.418. The van der Waals surface area contributed by atoms with Crippen molar-refractivity contribution in [3.8, 4) is 0 Å². The number of hydrogen-bond donors (Lipinski definition) is 0. The number of alkyl halides is 1. The summed E-state index contributed by atoms with van der Waals surface area (Å²) in [6, 6.07) is 19.2. The lowest BCUT2D eigenvalue weighted by Crippen LogP contribution is -2.54. The van der Waals surface area contributed by atoms with Crippen LogP contribution >= 0.6 is 0 Å². The third-order valence-corrected chi connectivity index (χ3v) is 8.82. The Balaban J connectivity index is 2.39. The fourth-order valence-corrected chi connectivity index (χ4v) is 6.98. The van der Waals surface area contributed by atoms with Crippen LogP contribution in [0, 0.1) is 0 Å². The fourth-order valence-electron chi connectivity index (χ4n) is 3.02. The third-order valence-electron chi connectivity index (χ3n) is 4.53. The van der Waals surface area contributed by atoms with Crippen LogP contribution < -0.4 is 0 Å². The number of carbonyl (C=O) groups excluding carboxylic acids is 1. The number of esters is 1. The van der Waals surface area contributed by atoms with Gasteiger partial charge in [-0.05, 0) is 28.0 Å². The maximum atomic E-state index is 16.9. The van der Waals surface area contributed by atoms with Crippen LogP contribution in [0.15, 0.2) is 113 Å². The first-order valence-electron chi connectivity index (χ1n) is 9.60. The first-order valence-corrected chi connectivity index (χ1v) is 12.5. The second kappa shape index (κ2) is 9.65. The molecule has 0 fully saturated rings. The minimum Gasteiger partial charge on any atom is -0.458 e. The van der Waals surface area contributed by atoms with Crippen molar-refractivity contribution < 1.29 is 30.8 Å². The van der Waals surface area contributed by atoms with Gasteiger partial charge in [-0.25, -0.2) is 26.0 Å². The van der Waals surface area contributed by atoms with Crippen molar-refractivity contribution in [1.82, 2.24) is 3.71 Å². The molecule has 0 bridgehead atoms. The van der Waals surface area contributed by atoms with Gasteiger partial charge in [0.2, 0.25) is 0 Å². The Morgan fingerprint density at radius 2 is 1.21 bits per heavy atom. The molecule has 0 aliphatic carbocycles. The van der Waals surface area contributed by atoms with Gasteiger partial charge in [0.05, 0.1) is 9.79 Å². The number of carbonyl (C=O) groups is 1. The number of rotatable bonds is 9. The molecule has 3 rings (SSSR count). The van der Waals surface area contributed by atoms with E-state index in [-0.39, 0.29) is 0 Å². The molecule has 0 aromatic heterocycles. The van der Waals surface area contributed by atoms with E-state index in [1.165, 1.54) is 54.6 Å². The molecule has 0 amide bonds. The summed E-state index contributed by atoms with van der Waals surface area (Å²) in [5.74, 6) is -5.49. The summed E-state index contributed by atoms with van der Waals surface area (Å²) in [6.07, 6.45) is 1.14. The average molecular weight is 490 g/mol. The zero-order valence-electron chi connectivity index (χ0n) is 17.2. The van der Waals surface area contributed by atoms with E-state index < -0.39 is 57.5 Å². The van der Waals surface area contributed by atoms with Crippen molar-refractivity contribution in [2.24, 2.45) is 0 Å². The Bertz CT molecular complexity index is 1260. The second-order valence-electron chi connectivity index (χ2n) is 6.71. The highest BCUT2D eigenvalue weighted by Gasteiger charge is 2.60. The quantitative estimate of drug-likeness (QED) is 0.259. The predicted molar refractivity (Wildman–Crippen MR) is 119 cm³/mol. The molecular weight excluding hydrogens is 469 g/mol. The molecule has 0 radical (unpaired) electrons. The van der Waals surface area contributed by atoms with E-state index in [2.05, 4.69) is 6.58 Å². The van der Waals surface area contributed by atoms with Crippen LogP contribution in [0.1, 0.15) is 5.56 Å². The Morgan fingerprint density at radius 1 is 0.818 bits per heavy atom. The average Bonchev–Trinajstić information content (AvgIpc) is 2.83. The number of halogens is 1. The zero-order chi connectivity index (χ0) is 24.1. The van der Waals surface area contributed by atoms with Crippen molar-refractivity contribution >= 4 is 26.0 Å². The molecule has 33 heavy (non-hydrogen) atoms. The van der Waals surface area contributed by atoms with E-state index in [4.69, 9.17) is 4.74 Å². The first-order chi connectivity index (χ1) is 15.7. The molecule has 1 atom stereocenters. The lowest BCUT2D eigenvalue weighted by atomic mass is 10.1. The number of benzene rings is 3. The molecule has 0 aliphatic heterocycles. The monoisotopic (exact) mass is 489 g/mol. The Hall–Kier alpha value is -3.34. The summed E-state index contributed by atoms with van der Waals surface area (Å²) in [7, 11) is -10.3. The van der Waals surface area contributed by atoms with Crippen molar-refractivity contribution in [1.29, 1.82) is 0 Å². The fraction of sp³-hybridized carbons (Fsp3) is 0.0870. The maximum Gasteiger partial charge on any atom is 0.366 e. The lowest BCUT2D eigenvalue weighted by molar-refractivity contribution is -0.163. The van der Waals surface area contributed by atoms with Gasteiger partial charge in [-0.2, -0.15) is 0 Å². The Morgan fingerprint density at radius 3 is 1.61 bits per heavy atom. The van der Waals surface area contributed by atoms with Crippen molar-refractivity contribution in [3.05, 3.63) is 109 Å². The molecule has 0 heterocycles. The smallest absolute Gasteiger partial charge is 0.366 e. The summed E-state index contributed by atoms with van der Waals surface area (Å²) in [5.41, 5.74) is -0.543. The molecule has 0 saturated heterocycles. The molecule has 0 aliphatic rings. The molecule has 0 spiro atoms. The van der Waals surface area contributed by atoms with Gasteiger partial charge in [0.25, 0.3) is 20.0 Å². The number of sulfonamides is 2. The van der Waals surface area contributed by atoms with Gasteiger partial charge in [0.15, 0.2) is 0 Å². The maximum absolute atomic E-state index is 16.9. The van der Waals surface area contributed by atoms with Crippen molar-refractivity contribution in [3.63, 3.8) is 0 Å². The van der Waals surface area contributed by atoms with Crippen LogP contribution in [0.25, 0.3) is 0 Å². The van der Waals surface area contributed by atoms with Crippen LogP contribution in [0.3, 0.4) is 0 Å². The molecule has 0 N–H and O–H groups in total. The molecule has 7 nitrogen and oxygen atoms in total. The van der Waals surface area contributed by atoms with Gasteiger partial charge < -0.3 is 4.74 Å². The number of nitrogens with zero attached hydrogens (tertiary/aromatic N) is 1. The molecule has 172 valence electrons. The first kappa shape index (κ1) is 24.3. The normalized spacial score (nSPS) is 13.8. The van der Waals surface area contributed by atoms with E-state index in [0.29, 0.717) is 0 Å². The Labute approximate surface area is 191 Å². The Kier molecular flexibility index (Phi) is 7.11. The largest absolute Gasteiger partial charge is 0.458 e. The van der Waals surface area contributed by atoms with E-state index in [9.17, 15) is 21.6 Å². The van der Waals surface area contributed by atoms with Gasteiger partial charge in [-0.15, -0.1) is 0 Å². The highest BCUT2D eigenvalue weighted by Crippen LogP contribution is 2.41. The van der Waals surface area contributed by atoms with Crippen LogP contribution in [0.4, 0.5) is 4.39 Å². The van der Waals surface area contributed by atoms with E-state index in [1.807, 2.05) is 0 Å². The van der Waals surface area contributed by atoms with Crippen LogP contribution in [-0.2, 0) is 35.4 Å². The molecule has 3 aromatic carbocycles. The zero-order valence-corrected chi connectivity index (χ0v) is 18.9. The summed E-state index contributed by atoms with van der Waals surface area (Å²) in [4.78, 5) is 11.9. The number of ether oxygens (including phenoxy) is 1. The van der Waals surface area contributed by atoms with E-state index in [0.717, 1.165) is 42.5 Å². The summed E-state index contributed by atoms with van der Waals surface area (Å²) < 4.78 is 75.9. The van der Waals surface area contributed by atoms with Crippen LogP contribution in [-0.4, -0.2) is 33.1 Å². The predicted octanol–water partition coefficient (Wildman–Crippen LogP) is 3.62. The summed E-state index contributed by atoms with van der Waals surface area (Å²) in [6.45, 7) is 2.90. The minimum atomic E-state index is -5.14. The van der Waals surface area contributed by atoms with E-state index in [1.54, 1.807) is 0 Å². The molecule has 1 unspecified atom stereocenters. The number of hydrogen-bond acceptors (Lipinski definition) is 6. The van der Waals surface area contributed by atoms with E-state index >= 15 is 4.39 Å². The SMILES string of the molecule is C=CCOC(=O)C(F)(c1ccccc1)N(S(=O)(=O)c1ccccc1)S(=O)(=O)c1ccccc1.